The minimum absolute atomic E-state index is 0.0415. The standard InChI is InChI=1S/C34H70O7/c1-27(2,3)19-41-34(25-39-31(13,14)15,26-40-32(16,17)18)24-35-20-33(21-36-28(4,5)6,22-37-29(7,8)9)23-38-30(10,11)12/h19-26H2,1-18H3. The van der Waals surface area contributed by atoms with Gasteiger partial charge in [-0.2, -0.15) is 0 Å². The molecule has 41 heavy (non-hydrogen) atoms. The Morgan fingerprint density at radius 3 is 0.854 bits per heavy atom. The molecule has 7 nitrogen and oxygen atoms in total. The molecule has 0 aromatic rings. The molecule has 0 amide bonds. The van der Waals surface area contributed by atoms with Gasteiger partial charge in [0, 0.05) is 0 Å². The van der Waals surface area contributed by atoms with Gasteiger partial charge in [0.1, 0.15) is 5.60 Å². The van der Waals surface area contributed by atoms with E-state index in [9.17, 15) is 0 Å². The maximum atomic E-state index is 6.67. The smallest absolute Gasteiger partial charge is 0.138 e. The van der Waals surface area contributed by atoms with Crippen LogP contribution in [0.2, 0.25) is 0 Å². The third-order valence-electron chi connectivity index (χ3n) is 5.56. The predicted molar refractivity (Wildman–Crippen MR) is 170 cm³/mol. The fourth-order valence-electron chi connectivity index (χ4n) is 3.13. The Hall–Kier alpha value is -0.280. The van der Waals surface area contributed by atoms with Gasteiger partial charge in [-0.15, -0.1) is 0 Å². The van der Waals surface area contributed by atoms with Crippen LogP contribution in [0.15, 0.2) is 0 Å². The molecule has 0 unspecified atom stereocenters. The first kappa shape index (κ1) is 40.7. The Morgan fingerprint density at radius 2 is 0.585 bits per heavy atom. The molecular formula is C34H70O7. The van der Waals surface area contributed by atoms with Gasteiger partial charge in [-0.1, -0.05) is 20.8 Å². The lowest BCUT2D eigenvalue weighted by atomic mass is 9.90. The zero-order valence-electron chi connectivity index (χ0n) is 30.5. The van der Waals surface area contributed by atoms with Crippen molar-refractivity contribution in [3.63, 3.8) is 0 Å². The molecule has 0 N–H and O–H groups in total. The summed E-state index contributed by atoms with van der Waals surface area (Å²) in [6.45, 7) is 40.5. The van der Waals surface area contributed by atoms with Crippen molar-refractivity contribution in [2.24, 2.45) is 10.8 Å². The van der Waals surface area contributed by atoms with Crippen molar-refractivity contribution in [1.82, 2.24) is 0 Å². The van der Waals surface area contributed by atoms with Crippen LogP contribution in [-0.2, 0) is 33.2 Å². The van der Waals surface area contributed by atoms with E-state index in [1.54, 1.807) is 0 Å². The van der Waals surface area contributed by atoms with Crippen molar-refractivity contribution >= 4 is 0 Å². The van der Waals surface area contributed by atoms with Crippen LogP contribution in [0.1, 0.15) is 125 Å². The molecule has 248 valence electrons. The molecule has 0 saturated heterocycles. The van der Waals surface area contributed by atoms with Gasteiger partial charge in [0.25, 0.3) is 0 Å². The molecule has 0 rings (SSSR count). The van der Waals surface area contributed by atoms with E-state index < -0.39 is 11.0 Å². The van der Waals surface area contributed by atoms with E-state index in [-0.39, 0.29) is 40.0 Å². The number of ether oxygens (including phenoxy) is 7. The van der Waals surface area contributed by atoms with Gasteiger partial charge in [0.15, 0.2) is 0 Å². The van der Waals surface area contributed by atoms with Crippen molar-refractivity contribution in [2.75, 3.05) is 52.9 Å². The van der Waals surface area contributed by atoms with Gasteiger partial charge < -0.3 is 33.2 Å². The first-order valence-corrected chi connectivity index (χ1v) is 15.4. The molecule has 0 aliphatic carbocycles. The van der Waals surface area contributed by atoms with Gasteiger partial charge in [-0.3, -0.25) is 0 Å². The van der Waals surface area contributed by atoms with Crippen molar-refractivity contribution < 1.29 is 33.2 Å². The summed E-state index contributed by atoms with van der Waals surface area (Å²) in [6.07, 6.45) is 0. The molecule has 0 aromatic carbocycles. The third-order valence-corrected chi connectivity index (χ3v) is 5.56. The molecule has 0 aliphatic rings. The van der Waals surface area contributed by atoms with E-state index in [0.29, 0.717) is 46.2 Å². The second-order valence-electron chi connectivity index (χ2n) is 18.0. The highest BCUT2D eigenvalue weighted by atomic mass is 16.6. The summed E-state index contributed by atoms with van der Waals surface area (Å²) in [6, 6.07) is 0. The van der Waals surface area contributed by atoms with Crippen LogP contribution in [0.25, 0.3) is 0 Å². The zero-order valence-corrected chi connectivity index (χ0v) is 30.5. The van der Waals surface area contributed by atoms with Crippen LogP contribution in [0.4, 0.5) is 0 Å². The molecule has 0 spiro atoms. The van der Waals surface area contributed by atoms with Crippen LogP contribution in [0, 0.1) is 10.8 Å². The van der Waals surface area contributed by atoms with Gasteiger partial charge in [-0.05, 0) is 109 Å². The van der Waals surface area contributed by atoms with E-state index in [0.717, 1.165) is 0 Å². The van der Waals surface area contributed by atoms with Crippen molar-refractivity contribution in [3.8, 4) is 0 Å². The largest absolute Gasteiger partial charge is 0.377 e. The number of rotatable bonds is 16. The monoisotopic (exact) mass is 591 g/mol. The Kier molecular flexibility index (Phi) is 15.0. The lowest BCUT2D eigenvalue weighted by Crippen LogP contribution is -2.53. The lowest BCUT2D eigenvalue weighted by Gasteiger charge is -2.42. The predicted octanol–water partition coefficient (Wildman–Crippen LogP) is 7.87. The Bertz CT molecular complexity index is 566. The fraction of sp³-hybridized carbons (Fsp3) is 1.00. The lowest BCUT2D eigenvalue weighted by molar-refractivity contribution is -0.219. The molecule has 0 heterocycles. The molecule has 0 radical (unpaired) electrons. The van der Waals surface area contributed by atoms with E-state index >= 15 is 0 Å². The summed E-state index contributed by atoms with van der Waals surface area (Å²) >= 11 is 0. The first-order valence-electron chi connectivity index (χ1n) is 15.4. The summed E-state index contributed by atoms with van der Waals surface area (Å²) in [5, 5.41) is 0. The van der Waals surface area contributed by atoms with E-state index in [1.807, 2.05) is 0 Å². The van der Waals surface area contributed by atoms with Crippen molar-refractivity contribution in [3.05, 3.63) is 0 Å². The topological polar surface area (TPSA) is 64.6 Å². The average Bonchev–Trinajstić information content (AvgIpc) is 2.72. The molecule has 0 aromatic heterocycles. The zero-order chi connectivity index (χ0) is 32.6. The highest BCUT2D eigenvalue weighted by Crippen LogP contribution is 2.30. The number of hydrogen-bond acceptors (Lipinski definition) is 7. The third kappa shape index (κ3) is 22.9. The molecule has 0 fully saturated rings. The van der Waals surface area contributed by atoms with Crippen LogP contribution >= 0.6 is 0 Å². The van der Waals surface area contributed by atoms with Gasteiger partial charge in [0.05, 0.1) is 86.3 Å². The second-order valence-corrected chi connectivity index (χ2v) is 18.0. The Morgan fingerprint density at radius 1 is 0.293 bits per heavy atom. The van der Waals surface area contributed by atoms with Crippen LogP contribution in [0.3, 0.4) is 0 Å². The van der Waals surface area contributed by atoms with Gasteiger partial charge in [-0.25, -0.2) is 0 Å². The molecule has 0 saturated carbocycles. The normalized spacial score (nSPS) is 15.1. The minimum Gasteiger partial charge on any atom is -0.377 e. The summed E-state index contributed by atoms with van der Waals surface area (Å²) < 4.78 is 45.0. The Labute approximate surface area is 255 Å². The number of hydrogen-bond donors (Lipinski definition) is 0. The molecular weight excluding hydrogens is 520 g/mol. The van der Waals surface area contributed by atoms with Gasteiger partial charge in [0.2, 0.25) is 0 Å². The minimum atomic E-state index is -0.805. The van der Waals surface area contributed by atoms with Crippen LogP contribution < -0.4 is 0 Å². The highest BCUT2D eigenvalue weighted by Gasteiger charge is 2.41. The second kappa shape index (κ2) is 15.1. The van der Waals surface area contributed by atoms with Gasteiger partial charge >= 0.3 is 0 Å². The molecule has 0 bridgehead atoms. The molecule has 0 aliphatic heterocycles. The SMILES string of the molecule is CC(C)(C)COC(COCC(COC(C)(C)C)(COC(C)(C)C)COC(C)(C)C)(COC(C)(C)C)COC(C)(C)C. The molecule has 7 heteroatoms. The maximum absolute atomic E-state index is 6.67. The summed E-state index contributed by atoms with van der Waals surface area (Å²) in [5.74, 6) is 0. The quantitative estimate of drug-likeness (QED) is 0.181. The highest BCUT2D eigenvalue weighted by molar-refractivity contribution is 4.87. The first-order chi connectivity index (χ1) is 17.9. The Balaban J connectivity index is 6.34. The van der Waals surface area contributed by atoms with E-state index in [1.165, 1.54) is 0 Å². The summed E-state index contributed by atoms with van der Waals surface area (Å²) in [7, 11) is 0. The molecule has 0 atom stereocenters. The van der Waals surface area contributed by atoms with E-state index in [4.69, 9.17) is 33.2 Å². The average molecular weight is 591 g/mol. The van der Waals surface area contributed by atoms with Crippen LogP contribution in [-0.4, -0.2) is 86.5 Å². The van der Waals surface area contributed by atoms with Crippen LogP contribution in [0.5, 0.6) is 0 Å². The maximum Gasteiger partial charge on any atom is 0.138 e. The fourth-order valence-corrected chi connectivity index (χ4v) is 3.13. The summed E-state index contributed by atoms with van der Waals surface area (Å²) in [5.41, 5.74) is -3.05. The summed E-state index contributed by atoms with van der Waals surface area (Å²) in [4.78, 5) is 0. The van der Waals surface area contributed by atoms with Crippen molar-refractivity contribution in [2.45, 2.75) is 158 Å². The van der Waals surface area contributed by atoms with E-state index in [2.05, 4.69) is 125 Å². The van der Waals surface area contributed by atoms with Crippen molar-refractivity contribution in [1.29, 1.82) is 0 Å².